The fourth-order valence-electron chi connectivity index (χ4n) is 6.83. The molecule has 45 heavy (non-hydrogen) atoms. The van der Waals surface area contributed by atoms with E-state index in [2.05, 4.69) is 171 Å². The van der Waals surface area contributed by atoms with Crippen molar-refractivity contribution < 1.29 is 0 Å². The van der Waals surface area contributed by atoms with E-state index in [9.17, 15) is 0 Å². The van der Waals surface area contributed by atoms with Gasteiger partial charge in [-0.15, -0.1) is 0 Å². The molecule has 0 spiro atoms. The van der Waals surface area contributed by atoms with Crippen LogP contribution in [0.15, 0.2) is 136 Å². The lowest BCUT2D eigenvalue weighted by Crippen LogP contribution is -2.22. The van der Waals surface area contributed by atoms with E-state index >= 15 is 0 Å². The van der Waals surface area contributed by atoms with Crippen molar-refractivity contribution in [2.24, 2.45) is 0 Å². The fraction of sp³-hybridized carbons (Fsp3) is 0.349. The van der Waals surface area contributed by atoms with Gasteiger partial charge in [0.1, 0.15) is 0 Å². The normalized spacial score (nSPS) is 18.7. The highest BCUT2D eigenvalue weighted by molar-refractivity contribution is 8.03. The van der Waals surface area contributed by atoms with Gasteiger partial charge in [0.25, 0.3) is 0 Å². The molecule has 5 rings (SSSR count). The summed E-state index contributed by atoms with van der Waals surface area (Å²) in [5.41, 5.74) is 11.9. The third kappa shape index (κ3) is 6.73. The average Bonchev–Trinajstić information content (AvgIpc) is 3.19. The number of hydrogen-bond donors (Lipinski definition) is 0. The largest absolute Gasteiger partial charge is 0.347 e. The number of para-hydroxylation sites is 1. The van der Waals surface area contributed by atoms with Crippen LogP contribution in [0.25, 0.3) is 0 Å². The molecule has 2 aliphatic rings. The third-order valence-corrected chi connectivity index (χ3v) is 11.1. The molecule has 0 saturated heterocycles. The van der Waals surface area contributed by atoms with Crippen LogP contribution in [0.4, 0.5) is 5.69 Å². The summed E-state index contributed by atoms with van der Waals surface area (Å²) in [7, 11) is 2.21. The first-order valence-electron chi connectivity index (χ1n) is 16.4. The maximum Gasteiger partial charge on any atom is 0.0447 e. The zero-order chi connectivity index (χ0) is 32.6. The zero-order valence-corrected chi connectivity index (χ0v) is 29.7. The number of anilines is 1. The monoisotopic (exact) mass is 613 g/mol. The van der Waals surface area contributed by atoms with Gasteiger partial charge in [0, 0.05) is 39.1 Å². The van der Waals surface area contributed by atoms with Gasteiger partial charge in [0.15, 0.2) is 0 Å². The van der Waals surface area contributed by atoms with Gasteiger partial charge < -0.3 is 4.90 Å². The van der Waals surface area contributed by atoms with Gasteiger partial charge in [-0.1, -0.05) is 140 Å². The lowest BCUT2D eigenvalue weighted by Gasteiger charge is -2.28. The van der Waals surface area contributed by atoms with Crippen molar-refractivity contribution in [3.05, 3.63) is 153 Å². The molecule has 0 unspecified atom stereocenters. The summed E-state index contributed by atoms with van der Waals surface area (Å²) >= 11 is 1.92. The molecule has 0 bridgehead atoms. The molecule has 3 aromatic carbocycles. The number of fused-ring (bicyclic) bond motifs is 1. The second-order valence-corrected chi connectivity index (χ2v) is 15.9. The van der Waals surface area contributed by atoms with E-state index in [0.29, 0.717) is 0 Å². The Morgan fingerprint density at radius 3 is 2.20 bits per heavy atom. The molecule has 2 heteroatoms. The number of allylic oxidation sites excluding steroid dienone is 8. The SMILES string of the molecule is C=C(/C=C/C1=C(Sc2ccc(C(C)(C)C)cc2)C(=C/C=C2/N(C)c3ccccc3C2(C)C)/CCC1)C(C)(C)c1ccccc1C. The van der Waals surface area contributed by atoms with Crippen molar-refractivity contribution in [3.63, 3.8) is 0 Å². The molecule has 0 aromatic heterocycles. The van der Waals surface area contributed by atoms with Crippen molar-refractivity contribution in [2.45, 2.75) is 95.8 Å². The minimum absolute atomic E-state index is 0.0432. The molecule has 234 valence electrons. The number of thioether (sulfide) groups is 1. The Labute approximate surface area is 277 Å². The van der Waals surface area contributed by atoms with E-state index < -0.39 is 0 Å². The Kier molecular flexibility index (Phi) is 9.30. The summed E-state index contributed by atoms with van der Waals surface area (Å²) in [5, 5.41) is 0. The Bertz CT molecular complexity index is 1700. The standard InChI is InChI=1S/C43H51NS/c1-30-16-11-12-19-36(30)42(6,7)31(2)22-23-32-17-15-18-33(40(32)45-35-27-25-34(26-28-35)41(3,4)5)24-29-39-43(8,9)37-20-13-14-21-38(37)44(39)10/h11-14,16,19-29H,2,15,17-18H2,1,3-10H3/b23-22+,33-24+,39-29+. The smallest absolute Gasteiger partial charge is 0.0447 e. The van der Waals surface area contributed by atoms with Crippen LogP contribution in [-0.2, 0) is 16.2 Å². The minimum atomic E-state index is -0.149. The van der Waals surface area contributed by atoms with Gasteiger partial charge in [-0.25, -0.2) is 0 Å². The maximum absolute atomic E-state index is 4.58. The number of benzene rings is 3. The lowest BCUT2D eigenvalue weighted by molar-refractivity contribution is 0.590. The van der Waals surface area contributed by atoms with Gasteiger partial charge in [0.05, 0.1) is 0 Å². The number of rotatable bonds is 7. The Balaban J connectivity index is 1.54. The number of hydrogen-bond acceptors (Lipinski definition) is 2. The molecule has 1 aliphatic carbocycles. The predicted octanol–water partition coefficient (Wildman–Crippen LogP) is 12.2. The maximum atomic E-state index is 4.58. The molecular formula is C43H51NS. The molecule has 1 nitrogen and oxygen atoms in total. The average molecular weight is 614 g/mol. The second-order valence-electron chi connectivity index (χ2n) is 14.8. The van der Waals surface area contributed by atoms with Gasteiger partial charge in [-0.3, -0.25) is 0 Å². The number of nitrogens with zero attached hydrogens (tertiary/aromatic N) is 1. The highest BCUT2D eigenvalue weighted by Crippen LogP contribution is 2.48. The second kappa shape index (κ2) is 12.7. The quantitative estimate of drug-likeness (QED) is 0.244. The van der Waals surface area contributed by atoms with Crippen LogP contribution in [0.3, 0.4) is 0 Å². The topological polar surface area (TPSA) is 3.24 Å². The van der Waals surface area contributed by atoms with Crippen molar-refractivity contribution in [2.75, 3.05) is 11.9 Å². The summed E-state index contributed by atoms with van der Waals surface area (Å²) in [6.07, 6.45) is 12.7. The summed E-state index contributed by atoms with van der Waals surface area (Å²) in [6, 6.07) is 26.7. The van der Waals surface area contributed by atoms with E-state index in [0.717, 1.165) is 24.8 Å². The highest BCUT2D eigenvalue weighted by atomic mass is 32.2. The van der Waals surface area contributed by atoms with Crippen molar-refractivity contribution in [1.82, 2.24) is 0 Å². The van der Waals surface area contributed by atoms with Crippen molar-refractivity contribution in [1.29, 1.82) is 0 Å². The summed E-state index contributed by atoms with van der Waals surface area (Å²) in [4.78, 5) is 5.04. The molecular weight excluding hydrogens is 563 g/mol. The first kappa shape index (κ1) is 32.9. The highest BCUT2D eigenvalue weighted by Gasteiger charge is 2.37. The third-order valence-electron chi connectivity index (χ3n) is 9.91. The van der Waals surface area contributed by atoms with Crippen LogP contribution in [-0.4, -0.2) is 7.05 Å². The lowest BCUT2D eigenvalue weighted by atomic mass is 9.76. The van der Waals surface area contributed by atoms with E-state index in [1.807, 2.05) is 11.8 Å². The molecule has 0 amide bonds. The molecule has 0 fully saturated rings. The van der Waals surface area contributed by atoms with E-state index in [1.165, 1.54) is 54.6 Å². The van der Waals surface area contributed by atoms with Crippen LogP contribution in [0.1, 0.15) is 90.0 Å². The van der Waals surface area contributed by atoms with Crippen molar-refractivity contribution >= 4 is 17.4 Å². The van der Waals surface area contributed by atoms with Crippen LogP contribution in [0.5, 0.6) is 0 Å². The van der Waals surface area contributed by atoms with Gasteiger partial charge in [0.2, 0.25) is 0 Å². The van der Waals surface area contributed by atoms with Gasteiger partial charge >= 0.3 is 0 Å². The van der Waals surface area contributed by atoms with E-state index in [1.54, 1.807) is 0 Å². The number of likely N-dealkylation sites (N-methyl/N-ethyl adjacent to an activating group) is 1. The Morgan fingerprint density at radius 1 is 0.867 bits per heavy atom. The van der Waals surface area contributed by atoms with Crippen LogP contribution >= 0.6 is 11.8 Å². The van der Waals surface area contributed by atoms with Crippen LogP contribution < -0.4 is 4.90 Å². The van der Waals surface area contributed by atoms with Crippen LogP contribution in [0.2, 0.25) is 0 Å². The molecule has 3 aromatic rings. The Morgan fingerprint density at radius 2 is 1.53 bits per heavy atom. The molecule has 1 heterocycles. The first-order valence-corrected chi connectivity index (χ1v) is 17.2. The van der Waals surface area contributed by atoms with Gasteiger partial charge in [-0.2, -0.15) is 0 Å². The predicted molar refractivity (Wildman–Crippen MR) is 198 cm³/mol. The Hall–Kier alpha value is -3.49. The van der Waals surface area contributed by atoms with Crippen LogP contribution in [0, 0.1) is 6.92 Å². The molecule has 0 N–H and O–H groups in total. The van der Waals surface area contributed by atoms with E-state index in [4.69, 9.17) is 0 Å². The zero-order valence-electron chi connectivity index (χ0n) is 28.9. The van der Waals surface area contributed by atoms with Gasteiger partial charge in [-0.05, 0) is 94.8 Å². The fourth-order valence-corrected chi connectivity index (χ4v) is 7.94. The summed E-state index contributed by atoms with van der Waals surface area (Å²) < 4.78 is 0. The summed E-state index contributed by atoms with van der Waals surface area (Å²) in [5.74, 6) is 0. The molecule has 0 atom stereocenters. The summed E-state index contributed by atoms with van der Waals surface area (Å²) in [6.45, 7) is 22.9. The molecule has 0 radical (unpaired) electrons. The first-order chi connectivity index (χ1) is 21.2. The number of aryl methyl sites for hydroxylation is 1. The molecule has 0 saturated carbocycles. The van der Waals surface area contributed by atoms with E-state index in [-0.39, 0.29) is 16.2 Å². The van der Waals surface area contributed by atoms with Crippen molar-refractivity contribution in [3.8, 4) is 0 Å². The molecule has 1 aliphatic heterocycles. The minimum Gasteiger partial charge on any atom is -0.347 e.